The van der Waals surface area contributed by atoms with Crippen LogP contribution in [0.15, 0.2) is 46.9 Å². The van der Waals surface area contributed by atoms with Crippen molar-refractivity contribution >= 4 is 39.2 Å². The van der Waals surface area contributed by atoms with E-state index in [0.29, 0.717) is 10.3 Å². The first-order valence-electron chi connectivity index (χ1n) is 5.60. The molecule has 1 heterocycles. The smallest absolute Gasteiger partial charge is 0.182 e. The highest BCUT2D eigenvalue weighted by Crippen LogP contribution is 2.26. The zero-order chi connectivity index (χ0) is 13.4. The predicted octanol–water partition coefficient (Wildman–Crippen LogP) is 4.32. The van der Waals surface area contributed by atoms with Crippen molar-refractivity contribution in [2.75, 3.05) is 0 Å². The Labute approximate surface area is 123 Å². The summed E-state index contributed by atoms with van der Waals surface area (Å²) in [4.78, 5) is 3.15. The van der Waals surface area contributed by atoms with Gasteiger partial charge in [0.25, 0.3) is 0 Å². The minimum atomic E-state index is 0.608. The first kappa shape index (κ1) is 12.2. The topological polar surface area (TPSA) is 44.5 Å². The summed E-state index contributed by atoms with van der Waals surface area (Å²) in [6, 6.07) is 15.5. The number of aromatic nitrogens is 2. The number of benzene rings is 2. The summed E-state index contributed by atoms with van der Waals surface area (Å²) >= 11 is 8.90. The molecule has 0 atom stereocenters. The highest BCUT2D eigenvalue weighted by Gasteiger charge is 2.09. The van der Waals surface area contributed by atoms with Crippen LogP contribution in [0.2, 0.25) is 0 Å². The first-order chi connectivity index (χ1) is 9.20. The van der Waals surface area contributed by atoms with Crippen molar-refractivity contribution in [1.82, 2.24) is 9.55 Å². The van der Waals surface area contributed by atoms with Crippen LogP contribution in [0.4, 0.5) is 0 Å². The van der Waals surface area contributed by atoms with E-state index in [1.807, 2.05) is 41.0 Å². The van der Waals surface area contributed by atoms with Gasteiger partial charge in [0.1, 0.15) is 0 Å². The van der Waals surface area contributed by atoms with Crippen molar-refractivity contribution in [3.8, 4) is 11.8 Å². The molecule has 0 saturated carbocycles. The van der Waals surface area contributed by atoms with E-state index in [0.717, 1.165) is 21.2 Å². The van der Waals surface area contributed by atoms with Gasteiger partial charge in [-0.05, 0) is 58.5 Å². The highest BCUT2D eigenvalue weighted by atomic mass is 79.9. The lowest BCUT2D eigenvalue weighted by Gasteiger charge is -2.06. The van der Waals surface area contributed by atoms with Gasteiger partial charge < -0.3 is 4.98 Å². The zero-order valence-electron chi connectivity index (χ0n) is 9.72. The maximum atomic E-state index is 9.02. The molecular weight excluding hydrogens is 322 g/mol. The van der Waals surface area contributed by atoms with Crippen molar-refractivity contribution in [2.45, 2.75) is 0 Å². The average molecular weight is 330 g/mol. The number of aromatic amines is 1. The largest absolute Gasteiger partial charge is 0.330 e. The van der Waals surface area contributed by atoms with E-state index in [9.17, 15) is 0 Å². The number of hydrogen-bond donors (Lipinski definition) is 1. The van der Waals surface area contributed by atoms with E-state index in [1.165, 1.54) is 0 Å². The van der Waals surface area contributed by atoms with Crippen molar-refractivity contribution in [1.29, 1.82) is 5.26 Å². The number of fused-ring (bicyclic) bond motifs is 1. The van der Waals surface area contributed by atoms with Crippen LogP contribution in [0, 0.1) is 16.1 Å². The summed E-state index contributed by atoms with van der Waals surface area (Å²) in [5.74, 6) is 0. The van der Waals surface area contributed by atoms with Gasteiger partial charge in [-0.2, -0.15) is 5.26 Å². The Bertz CT molecular complexity index is 870. The molecule has 3 rings (SSSR count). The van der Waals surface area contributed by atoms with Gasteiger partial charge >= 0.3 is 0 Å². The maximum absolute atomic E-state index is 9.02. The lowest BCUT2D eigenvalue weighted by atomic mass is 10.2. The Balaban J connectivity index is 2.41. The van der Waals surface area contributed by atoms with Crippen LogP contribution in [0.5, 0.6) is 0 Å². The number of para-hydroxylation sites is 1. The van der Waals surface area contributed by atoms with E-state index in [-0.39, 0.29) is 0 Å². The fraction of sp³-hybridized carbons (Fsp3) is 0. The quantitative estimate of drug-likeness (QED) is 0.675. The second kappa shape index (κ2) is 4.65. The molecule has 0 amide bonds. The molecule has 1 aromatic heterocycles. The molecule has 0 fully saturated rings. The molecule has 92 valence electrons. The van der Waals surface area contributed by atoms with Gasteiger partial charge in [-0.1, -0.05) is 12.1 Å². The number of nitrogens with zero attached hydrogens (tertiary/aromatic N) is 2. The summed E-state index contributed by atoms with van der Waals surface area (Å²) in [6.07, 6.45) is 0. The lowest BCUT2D eigenvalue weighted by Crippen LogP contribution is -1.95. The summed E-state index contributed by atoms with van der Waals surface area (Å²) in [7, 11) is 0. The summed E-state index contributed by atoms with van der Waals surface area (Å²) in [6.45, 7) is 0. The minimum absolute atomic E-state index is 0.608. The Morgan fingerprint density at radius 1 is 1.21 bits per heavy atom. The number of nitrogens with one attached hydrogen (secondary N) is 1. The SMILES string of the molecule is N#Cc1ccc2[nH]c(=S)n(-c3ccccc3Br)c2c1. The molecule has 5 heteroatoms. The molecule has 0 aliphatic rings. The van der Waals surface area contributed by atoms with Gasteiger partial charge in [0, 0.05) is 4.47 Å². The van der Waals surface area contributed by atoms with Crippen LogP contribution in [0.3, 0.4) is 0 Å². The van der Waals surface area contributed by atoms with Gasteiger partial charge in [-0.15, -0.1) is 0 Å². The predicted molar refractivity (Wildman–Crippen MR) is 80.9 cm³/mol. The molecule has 0 radical (unpaired) electrons. The molecule has 19 heavy (non-hydrogen) atoms. The second-order valence-electron chi connectivity index (χ2n) is 4.06. The van der Waals surface area contributed by atoms with Crippen LogP contribution in [0.1, 0.15) is 5.56 Å². The number of hydrogen-bond acceptors (Lipinski definition) is 2. The number of rotatable bonds is 1. The molecule has 2 aromatic carbocycles. The van der Waals surface area contributed by atoms with Gasteiger partial charge in [-0.3, -0.25) is 4.57 Å². The molecule has 3 aromatic rings. The van der Waals surface area contributed by atoms with E-state index in [4.69, 9.17) is 17.5 Å². The fourth-order valence-corrected chi connectivity index (χ4v) is 2.81. The summed E-state index contributed by atoms with van der Waals surface area (Å²) < 4.78 is 3.49. The monoisotopic (exact) mass is 329 g/mol. The maximum Gasteiger partial charge on any atom is 0.182 e. The Morgan fingerprint density at radius 2 is 2.00 bits per heavy atom. The third kappa shape index (κ3) is 1.99. The average Bonchev–Trinajstić information content (AvgIpc) is 2.74. The Kier molecular flexibility index (Phi) is 2.97. The molecule has 0 spiro atoms. The van der Waals surface area contributed by atoms with Crippen LogP contribution in [-0.2, 0) is 0 Å². The highest BCUT2D eigenvalue weighted by molar-refractivity contribution is 9.10. The van der Waals surface area contributed by atoms with E-state index in [1.54, 1.807) is 6.07 Å². The molecule has 1 N–H and O–H groups in total. The molecule has 0 unspecified atom stereocenters. The minimum Gasteiger partial charge on any atom is -0.330 e. The normalized spacial score (nSPS) is 10.5. The number of nitriles is 1. The number of halogens is 1. The van der Waals surface area contributed by atoms with E-state index < -0.39 is 0 Å². The second-order valence-corrected chi connectivity index (χ2v) is 5.30. The molecule has 0 saturated heterocycles. The van der Waals surface area contributed by atoms with Gasteiger partial charge in [0.15, 0.2) is 4.77 Å². The van der Waals surface area contributed by atoms with E-state index in [2.05, 4.69) is 27.0 Å². The van der Waals surface area contributed by atoms with Crippen LogP contribution < -0.4 is 0 Å². The van der Waals surface area contributed by atoms with Crippen molar-refractivity contribution < 1.29 is 0 Å². The van der Waals surface area contributed by atoms with Crippen LogP contribution in [0.25, 0.3) is 16.7 Å². The molecule has 0 bridgehead atoms. The molecule has 0 aliphatic heterocycles. The first-order valence-corrected chi connectivity index (χ1v) is 6.80. The third-order valence-corrected chi connectivity index (χ3v) is 3.86. The third-order valence-electron chi connectivity index (χ3n) is 2.91. The fourth-order valence-electron chi connectivity index (χ4n) is 2.04. The molecule has 0 aliphatic carbocycles. The lowest BCUT2D eigenvalue weighted by molar-refractivity contribution is 1.06. The van der Waals surface area contributed by atoms with Crippen molar-refractivity contribution in [2.24, 2.45) is 0 Å². The van der Waals surface area contributed by atoms with Gasteiger partial charge in [-0.25, -0.2) is 0 Å². The molecule has 3 nitrogen and oxygen atoms in total. The molecular formula is C14H8BrN3S. The Morgan fingerprint density at radius 3 is 2.74 bits per heavy atom. The van der Waals surface area contributed by atoms with Gasteiger partial charge in [0.05, 0.1) is 28.4 Å². The van der Waals surface area contributed by atoms with E-state index >= 15 is 0 Å². The zero-order valence-corrected chi connectivity index (χ0v) is 12.1. The standard InChI is InChI=1S/C14H8BrN3S/c15-10-3-1-2-4-12(10)18-13-7-9(8-16)5-6-11(13)17-14(18)19/h1-7H,(H,17,19). The summed E-state index contributed by atoms with van der Waals surface area (Å²) in [5, 5.41) is 9.02. The van der Waals surface area contributed by atoms with Crippen LogP contribution in [-0.4, -0.2) is 9.55 Å². The Hall–Kier alpha value is -1.90. The summed E-state index contributed by atoms with van der Waals surface area (Å²) in [5.41, 5.74) is 3.38. The van der Waals surface area contributed by atoms with Crippen LogP contribution >= 0.6 is 28.1 Å². The van der Waals surface area contributed by atoms with Crippen molar-refractivity contribution in [3.63, 3.8) is 0 Å². The number of H-pyrrole nitrogens is 1. The van der Waals surface area contributed by atoms with Gasteiger partial charge in [0.2, 0.25) is 0 Å². The number of imidazole rings is 1. The van der Waals surface area contributed by atoms with Crippen molar-refractivity contribution in [3.05, 3.63) is 57.3 Å².